The summed E-state index contributed by atoms with van der Waals surface area (Å²) in [4.78, 5) is 24.1. The molecule has 0 amide bonds. The van der Waals surface area contributed by atoms with E-state index in [4.69, 9.17) is 15.2 Å². The number of anilines is 1. The smallest absolute Gasteiger partial charge is 0.339 e. The van der Waals surface area contributed by atoms with E-state index >= 15 is 0 Å². The Kier molecular flexibility index (Phi) is 4.68. The molecule has 0 saturated heterocycles. The molecular weight excluding hydrogens is 370 g/mol. The maximum atomic E-state index is 12.6. The number of methoxy groups -OCH3 is 1. The van der Waals surface area contributed by atoms with Crippen LogP contribution in [-0.2, 0) is 4.74 Å². The summed E-state index contributed by atoms with van der Waals surface area (Å²) < 4.78 is 10.6. The van der Waals surface area contributed by atoms with Crippen LogP contribution in [0.25, 0.3) is 11.1 Å². The molecule has 0 saturated carbocycles. The lowest BCUT2D eigenvalue weighted by atomic mass is 9.98. The van der Waals surface area contributed by atoms with Gasteiger partial charge in [-0.25, -0.2) is 9.59 Å². The quantitative estimate of drug-likeness (QED) is 0.506. The van der Waals surface area contributed by atoms with Crippen molar-refractivity contribution in [2.45, 2.75) is 5.92 Å². The topological polar surface area (TPSA) is 98.9 Å². The minimum Gasteiger partial charge on any atom is -0.494 e. The van der Waals surface area contributed by atoms with Crippen molar-refractivity contribution < 1.29 is 24.2 Å². The van der Waals surface area contributed by atoms with Gasteiger partial charge in [0.05, 0.1) is 18.4 Å². The number of hydrogen-bond donors (Lipinski definition) is 2. The minimum absolute atomic E-state index is 0.0210. The highest BCUT2D eigenvalue weighted by Crippen LogP contribution is 2.44. The lowest BCUT2D eigenvalue weighted by Crippen LogP contribution is -2.14. The van der Waals surface area contributed by atoms with Gasteiger partial charge < -0.3 is 20.3 Å². The van der Waals surface area contributed by atoms with E-state index in [2.05, 4.69) is 12.1 Å². The summed E-state index contributed by atoms with van der Waals surface area (Å²) >= 11 is 0. The number of esters is 1. The van der Waals surface area contributed by atoms with Crippen LogP contribution in [0.15, 0.2) is 60.7 Å². The van der Waals surface area contributed by atoms with Crippen LogP contribution >= 0.6 is 0 Å². The van der Waals surface area contributed by atoms with Crippen molar-refractivity contribution in [1.82, 2.24) is 0 Å². The molecule has 0 unspecified atom stereocenters. The molecule has 3 N–H and O–H groups in total. The molecule has 0 aliphatic heterocycles. The highest BCUT2D eigenvalue weighted by molar-refractivity contribution is 5.99. The molecule has 0 aromatic heterocycles. The first-order valence-corrected chi connectivity index (χ1v) is 9.07. The average molecular weight is 389 g/mol. The summed E-state index contributed by atoms with van der Waals surface area (Å²) in [7, 11) is 1.32. The monoisotopic (exact) mass is 389 g/mol. The van der Waals surface area contributed by atoms with E-state index in [-0.39, 0.29) is 35.1 Å². The Morgan fingerprint density at radius 1 is 1.00 bits per heavy atom. The van der Waals surface area contributed by atoms with Crippen LogP contribution in [0.3, 0.4) is 0 Å². The fraction of sp³-hybridized carbons (Fsp3) is 0.130. The summed E-state index contributed by atoms with van der Waals surface area (Å²) in [5, 5.41) is 9.36. The number of hydrogen-bond acceptors (Lipinski definition) is 5. The van der Waals surface area contributed by atoms with E-state index in [1.807, 2.05) is 36.4 Å². The number of aromatic carboxylic acids is 1. The van der Waals surface area contributed by atoms with Crippen LogP contribution in [-0.4, -0.2) is 30.8 Å². The average Bonchev–Trinajstić information content (AvgIpc) is 3.05. The molecule has 3 aromatic rings. The number of carboxylic acid groups (broad SMARTS) is 1. The molecule has 0 fully saturated rings. The lowest BCUT2D eigenvalue weighted by Gasteiger charge is -2.15. The van der Waals surface area contributed by atoms with Gasteiger partial charge in [-0.3, -0.25) is 0 Å². The Labute approximate surface area is 167 Å². The van der Waals surface area contributed by atoms with E-state index < -0.39 is 11.9 Å². The number of carboxylic acids is 1. The van der Waals surface area contributed by atoms with Crippen molar-refractivity contribution in [3.63, 3.8) is 0 Å². The van der Waals surface area contributed by atoms with E-state index in [1.54, 1.807) is 0 Å². The lowest BCUT2D eigenvalue weighted by molar-refractivity contribution is 0.0493. The van der Waals surface area contributed by atoms with Crippen molar-refractivity contribution in [2.24, 2.45) is 0 Å². The van der Waals surface area contributed by atoms with Crippen molar-refractivity contribution in [1.29, 1.82) is 0 Å². The largest absolute Gasteiger partial charge is 0.494 e. The molecule has 0 atom stereocenters. The number of nitrogen functional groups attached to an aromatic ring is 1. The summed E-state index contributed by atoms with van der Waals surface area (Å²) in [6, 6.07) is 18.6. The first-order chi connectivity index (χ1) is 14.0. The Hall–Kier alpha value is -3.80. The second kappa shape index (κ2) is 7.31. The first kappa shape index (κ1) is 18.6. The molecule has 0 bridgehead atoms. The van der Waals surface area contributed by atoms with Gasteiger partial charge >= 0.3 is 11.9 Å². The second-order valence-electron chi connectivity index (χ2n) is 6.78. The molecule has 3 aromatic carbocycles. The van der Waals surface area contributed by atoms with Crippen LogP contribution in [0, 0.1) is 0 Å². The molecule has 146 valence electrons. The minimum atomic E-state index is -1.23. The number of carbonyl (C=O) groups is 2. The predicted octanol–water partition coefficient (Wildman–Crippen LogP) is 3.94. The van der Waals surface area contributed by atoms with Gasteiger partial charge in [-0.05, 0) is 34.4 Å². The van der Waals surface area contributed by atoms with Crippen molar-refractivity contribution >= 4 is 17.6 Å². The summed E-state index contributed by atoms with van der Waals surface area (Å²) in [6.45, 7) is 0.140. The van der Waals surface area contributed by atoms with Gasteiger partial charge in [0.2, 0.25) is 0 Å². The van der Waals surface area contributed by atoms with Gasteiger partial charge in [-0.1, -0.05) is 48.5 Å². The Bertz CT molecular complexity index is 1080. The third kappa shape index (κ3) is 3.18. The van der Waals surface area contributed by atoms with Gasteiger partial charge in [-0.15, -0.1) is 0 Å². The van der Waals surface area contributed by atoms with E-state index in [1.165, 1.54) is 19.2 Å². The summed E-state index contributed by atoms with van der Waals surface area (Å²) in [5.74, 6) is -1.93. The molecule has 1 aliphatic rings. The van der Waals surface area contributed by atoms with Crippen molar-refractivity contribution in [2.75, 3.05) is 19.5 Å². The first-order valence-electron chi connectivity index (χ1n) is 9.07. The van der Waals surface area contributed by atoms with E-state index in [0.29, 0.717) is 0 Å². The molecule has 29 heavy (non-hydrogen) atoms. The van der Waals surface area contributed by atoms with Gasteiger partial charge in [-0.2, -0.15) is 0 Å². The zero-order valence-electron chi connectivity index (χ0n) is 15.7. The highest BCUT2D eigenvalue weighted by Gasteiger charge is 2.29. The molecular formula is C23H19NO5. The SMILES string of the molecule is COc1c(N)cc(C(=O)OCC2c3ccccc3-c3ccccc32)cc1C(=O)O. The molecule has 6 nitrogen and oxygen atoms in total. The number of rotatable bonds is 5. The second-order valence-corrected chi connectivity index (χ2v) is 6.78. The van der Waals surface area contributed by atoms with Crippen molar-refractivity contribution in [3.8, 4) is 16.9 Å². The normalized spacial score (nSPS) is 12.2. The van der Waals surface area contributed by atoms with Gasteiger partial charge in [0.15, 0.2) is 5.75 Å². The van der Waals surface area contributed by atoms with Crippen LogP contribution in [0.1, 0.15) is 37.8 Å². The summed E-state index contributed by atoms with van der Waals surface area (Å²) in [6.07, 6.45) is 0. The van der Waals surface area contributed by atoms with Crippen LogP contribution in [0.5, 0.6) is 5.75 Å². The van der Waals surface area contributed by atoms with Crippen LogP contribution in [0.2, 0.25) is 0 Å². The summed E-state index contributed by atoms with van der Waals surface area (Å²) in [5.41, 5.74) is 10.3. The fourth-order valence-electron chi connectivity index (χ4n) is 3.84. The molecule has 0 heterocycles. The standard InChI is InChI=1S/C23H19NO5/c1-28-21-18(22(25)26)10-13(11-20(21)24)23(27)29-12-19-16-8-4-2-6-14(16)15-7-3-5-9-17(15)19/h2-11,19H,12,24H2,1H3,(H,25,26). The van der Waals surface area contributed by atoms with Crippen molar-refractivity contribution in [3.05, 3.63) is 82.9 Å². The number of ether oxygens (including phenoxy) is 2. The zero-order chi connectivity index (χ0) is 20.5. The van der Waals surface area contributed by atoms with Crippen LogP contribution < -0.4 is 10.5 Å². The Morgan fingerprint density at radius 2 is 1.59 bits per heavy atom. The molecule has 1 aliphatic carbocycles. The van der Waals surface area contributed by atoms with Gasteiger partial charge in [0, 0.05) is 5.92 Å². The van der Waals surface area contributed by atoms with E-state index in [9.17, 15) is 14.7 Å². The third-order valence-electron chi connectivity index (χ3n) is 5.13. The third-order valence-corrected chi connectivity index (χ3v) is 5.13. The molecule has 6 heteroatoms. The maximum absolute atomic E-state index is 12.6. The number of carbonyl (C=O) groups excluding carboxylic acids is 1. The van der Waals surface area contributed by atoms with Crippen LogP contribution in [0.4, 0.5) is 5.69 Å². The Balaban J connectivity index is 1.60. The molecule has 0 radical (unpaired) electrons. The number of nitrogens with two attached hydrogens (primary N) is 1. The highest BCUT2D eigenvalue weighted by atomic mass is 16.5. The fourth-order valence-corrected chi connectivity index (χ4v) is 3.84. The van der Waals surface area contributed by atoms with E-state index in [0.717, 1.165) is 22.3 Å². The maximum Gasteiger partial charge on any atom is 0.339 e. The Morgan fingerprint density at radius 3 is 2.14 bits per heavy atom. The molecule has 4 rings (SSSR count). The number of benzene rings is 3. The number of fused-ring (bicyclic) bond motifs is 3. The molecule has 0 spiro atoms. The zero-order valence-corrected chi connectivity index (χ0v) is 15.7. The van der Waals surface area contributed by atoms with Gasteiger partial charge in [0.1, 0.15) is 12.2 Å². The van der Waals surface area contributed by atoms with Gasteiger partial charge in [0.25, 0.3) is 0 Å². The predicted molar refractivity (Wildman–Crippen MR) is 108 cm³/mol.